The van der Waals surface area contributed by atoms with E-state index in [-0.39, 0.29) is 10.3 Å². The maximum absolute atomic E-state index is 13.9. The van der Waals surface area contributed by atoms with Crippen LogP contribution >= 0.6 is 23.2 Å². The lowest BCUT2D eigenvalue weighted by Gasteiger charge is -2.09. The van der Waals surface area contributed by atoms with Crippen molar-refractivity contribution in [2.75, 3.05) is 0 Å². The van der Waals surface area contributed by atoms with Crippen molar-refractivity contribution in [1.82, 2.24) is 14.6 Å². The Labute approximate surface area is 118 Å². The van der Waals surface area contributed by atoms with E-state index in [4.69, 9.17) is 23.2 Å². The van der Waals surface area contributed by atoms with E-state index in [0.717, 1.165) is 5.56 Å². The van der Waals surface area contributed by atoms with Gasteiger partial charge in [0.2, 0.25) is 0 Å². The molecule has 0 aliphatic rings. The molecular weight excluding hydrogens is 288 g/mol. The highest BCUT2D eigenvalue weighted by Gasteiger charge is 2.18. The largest absolute Gasteiger partial charge is 0.216 e. The Balaban J connectivity index is 2.39. The van der Waals surface area contributed by atoms with Crippen molar-refractivity contribution < 1.29 is 4.39 Å². The highest BCUT2D eigenvalue weighted by molar-refractivity contribution is 6.38. The van der Waals surface area contributed by atoms with Crippen LogP contribution in [0.25, 0.3) is 16.8 Å². The van der Waals surface area contributed by atoms with Crippen molar-refractivity contribution in [2.24, 2.45) is 0 Å². The zero-order valence-electron chi connectivity index (χ0n) is 9.86. The number of hydrogen-bond donors (Lipinski definition) is 0. The van der Waals surface area contributed by atoms with Crippen molar-refractivity contribution in [1.29, 1.82) is 0 Å². The molecule has 0 aliphatic heterocycles. The van der Waals surface area contributed by atoms with Crippen LogP contribution in [0.4, 0.5) is 4.39 Å². The molecule has 0 fully saturated rings. The lowest BCUT2D eigenvalue weighted by atomic mass is 10.1. The molecule has 6 heteroatoms. The summed E-state index contributed by atoms with van der Waals surface area (Å²) in [5.41, 5.74) is 2.07. The van der Waals surface area contributed by atoms with Gasteiger partial charge in [-0.05, 0) is 13.0 Å². The van der Waals surface area contributed by atoms with Crippen molar-refractivity contribution in [3.8, 4) is 11.1 Å². The molecule has 3 nitrogen and oxygen atoms in total. The summed E-state index contributed by atoms with van der Waals surface area (Å²) < 4.78 is 15.3. The Hall–Kier alpha value is -1.65. The van der Waals surface area contributed by atoms with E-state index in [1.807, 2.05) is 6.92 Å². The van der Waals surface area contributed by atoms with Crippen LogP contribution in [-0.4, -0.2) is 14.6 Å². The summed E-state index contributed by atoms with van der Waals surface area (Å²) in [4.78, 5) is 4.23. The summed E-state index contributed by atoms with van der Waals surface area (Å²) in [5.74, 6) is -0.406. The number of fused-ring (bicyclic) bond motifs is 1. The number of halogens is 3. The van der Waals surface area contributed by atoms with Crippen molar-refractivity contribution in [3.63, 3.8) is 0 Å². The normalized spacial score (nSPS) is 11.2. The first kappa shape index (κ1) is 12.4. The first-order valence-electron chi connectivity index (χ1n) is 5.54. The second kappa shape index (κ2) is 4.47. The smallest absolute Gasteiger partial charge is 0.161 e. The van der Waals surface area contributed by atoms with Crippen LogP contribution in [-0.2, 0) is 0 Å². The molecule has 3 rings (SSSR count). The summed E-state index contributed by atoms with van der Waals surface area (Å²) in [7, 11) is 0. The number of aromatic nitrogens is 3. The SMILES string of the molecule is Cc1cnn2c(Cl)c(-c3ccccc3F)c(Cl)nc12. The van der Waals surface area contributed by atoms with Crippen LogP contribution in [0.2, 0.25) is 10.3 Å². The van der Waals surface area contributed by atoms with E-state index < -0.39 is 5.82 Å². The van der Waals surface area contributed by atoms with Crippen LogP contribution in [0.5, 0.6) is 0 Å². The van der Waals surface area contributed by atoms with Gasteiger partial charge in [0.15, 0.2) is 5.65 Å². The zero-order valence-corrected chi connectivity index (χ0v) is 11.4. The summed E-state index contributed by atoms with van der Waals surface area (Å²) in [6.07, 6.45) is 1.63. The monoisotopic (exact) mass is 295 g/mol. The van der Waals surface area contributed by atoms with Crippen LogP contribution in [0.15, 0.2) is 30.5 Å². The molecule has 0 amide bonds. The first-order valence-corrected chi connectivity index (χ1v) is 6.29. The van der Waals surface area contributed by atoms with E-state index in [9.17, 15) is 4.39 Å². The minimum Gasteiger partial charge on any atom is -0.216 e. The molecular formula is C13H8Cl2FN3. The number of benzene rings is 1. The quantitative estimate of drug-likeness (QED) is 0.631. The van der Waals surface area contributed by atoms with Gasteiger partial charge in [0.25, 0.3) is 0 Å². The van der Waals surface area contributed by atoms with Gasteiger partial charge < -0.3 is 0 Å². The molecule has 96 valence electrons. The number of rotatable bonds is 1. The standard InChI is InChI=1S/C13H8Cl2FN3/c1-7-6-17-19-12(15)10(11(14)18-13(7)19)8-4-2-3-5-9(8)16/h2-6H,1H3. The number of hydrogen-bond acceptors (Lipinski definition) is 2. The molecule has 1 aromatic carbocycles. The van der Waals surface area contributed by atoms with Crippen LogP contribution in [0.3, 0.4) is 0 Å². The van der Waals surface area contributed by atoms with Gasteiger partial charge >= 0.3 is 0 Å². The molecule has 0 atom stereocenters. The average molecular weight is 296 g/mol. The fraction of sp³-hybridized carbons (Fsp3) is 0.0769. The van der Waals surface area contributed by atoms with Gasteiger partial charge in [-0.3, -0.25) is 0 Å². The van der Waals surface area contributed by atoms with Crippen molar-refractivity contribution in [3.05, 3.63) is 52.1 Å². The zero-order chi connectivity index (χ0) is 13.6. The van der Waals surface area contributed by atoms with Gasteiger partial charge in [-0.2, -0.15) is 5.10 Å². The molecule has 2 heterocycles. The molecule has 0 unspecified atom stereocenters. The van der Waals surface area contributed by atoms with E-state index >= 15 is 0 Å². The Morgan fingerprint density at radius 3 is 2.68 bits per heavy atom. The lowest BCUT2D eigenvalue weighted by Crippen LogP contribution is -1.98. The topological polar surface area (TPSA) is 30.2 Å². The fourth-order valence-corrected chi connectivity index (χ4v) is 2.56. The third-order valence-electron chi connectivity index (χ3n) is 2.87. The second-order valence-corrected chi connectivity index (χ2v) is 4.83. The van der Waals surface area contributed by atoms with E-state index in [1.165, 1.54) is 10.6 Å². The third kappa shape index (κ3) is 1.88. The fourth-order valence-electron chi connectivity index (χ4n) is 1.93. The Morgan fingerprint density at radius 2 is 1.95 bits per heavy atom. The first-order chi connectivity index (χ1) is 9.09. The van der Waals surface area contributed by atoms with Gasteiger partial charge in [0.1, 0.15) is 16.1 Å². The van der Waals surface area contributed by atoms with Gasteiger partial charge in [-0.25, -0.2) is 13.9 Å². The Kier molecular flexibility index (Phi) is 2.92. The average Bonchev–Trinajstić information content (AvgIpc) is 2.74. The van der Waals surface area contributed by atoms with E-state index in [0.29, 0.717) is 16.8 Å². The predicted molar refractivity (Wildman–Crippen MR) is 73.1 cm³/mol. The number of nitrogens with zero attached hydrogens (tertiary/aromatic N) is 3. The molecule has 0 aliphatic carbocycles. The van der Waals surface area contributed by atoms with Gasteiger partial charge in [0, 0.05) is 11.1 Å². The van der Waals surface area contributed by atoms with Crippen molar-refractivity contribution >= 4 is 28.8 Å². The highest BCUT2D eigenvalue weighted by atomic mass is 35.5. The minimum absolute atomic E-state index is 0.159. The second-order valence-electron chi connectivity index (χ2n) is 4.11. The molecule has 0 radical (unpaired) electrons. The van der Waals surface area contributed by atoms with Gasteiger partial charge in [-0.1, -0.05) is 41.4 Å². The van der Waals surface area contributed by atoms with Crippen LogP contribution in [0, 0.1) is 12.7 Å². The summed E-state index contributed by atoms with van der Waals surface area (Å²) in [6.45, 7) is 1.85. The minimum atomic E-state index is -0.406. The summed E-state index contributed by atoms with van der Waals surface area (Å²) in [6, 6.07) is 6.26. The third-order valence-corrected chi connectivity index (χ3v) is 3.49. The molecule has 0 N–H and O–H groups in total. The highest BCUT2D eigenvalue weighted by Crippen LogP contribution is 2.35. The van der Waals surface area contributed by atoms with Gasteiger partial charge in [0.05, 0.1) is 11.8 Å². The maximum Gasteiger partial charge on any atom is 0.161 e. The lowest BCUT2D eigenvalue weighted by molar-refractivity contribution is 0.631. The maximum atomic E-state index is 13.9. The van der Waals surface area contributed by atoms with Crippen LogP contribution in [0.1, 0.15) is 5.56 Å². The Morgan fingerprint density at radius 1 is 1.21 bits per heavy atom. The van der Waals surface area contributed by atoms with E-state index in [1.54, 1.807) is 24.4 Å². The molecule has 0 spiro atoms. The Bertz CT molecular complexity index is 783. The predicted octanol–water partition coefficient (Wildman–Crippen LogP) is 4.15. The number of aryl methyl sites for hydroxylation is 1. The molecule has 0 bridgehead atoms. The van der Waals surface area contributed by atoms with Crippen LogP contribution < -0.4 is 0 Å². The molecule has 19 heavy (non-hydrogen) atoms. The van der Waals surface area contributed by atoms with Crippen molar-refractivity contribution in [2.45, 2.75) is 6.92 Å². The summed E-state index contributed by atoms with van der Waals surface area (Å²) in [5, 5.41) is 4.52. The summed E-state index contributed by atoms with van der Waals surface area (Å²) >= 11 is 12.4. The molecule has 2 aromatic heterocycles. The molecule has 0 saturated heterocycles. The molecule has 3 aromatic rings. The van der Waals surface area contributed by atoms with E-state index in [2.05, 4.69) is 10.1 Å². The van der Waals surface area contributed by atoms with Gasteiger partial charge in [-0.15, -0.1) is 0 Å². The molecule has 0 saturated carbocycles.